The number of nitrogens with one attached hydrogen (secondary N) is 1. The molecule has 5 heteroatoms. The van der Waals surface area contributed by atoms with Gasteiger partial charge in [0.15, 0.2) is 0 Å². The first-order chi connectivity index (χ1) is 12.1. The number of allylic oxidation sites excluding steroid dienone is 2. The van der Waals surface area contributed by atoms with Gasteiger partial charge < -0.3 is 10.1 Å². The van der Waals surface area contributed by atoms with Crippen LogP contribution in [-0.4, -0.2) is 29.3 Å². The van der Waals surface area contributed by atoms with E-state index in [2.05, 4.69) is 22.6 Å². The zero-order valence-electron chi connectivity index (χ0n) is 14.6. The molecule has 2 bridgehead atoms. The van der Waals surface area contributed by atoms with Gasteiger partial charge in [0.2, 0.25) is 0 Å². The highest BCUT2D eigenvalue weighted by Crippen LogP contribution is 2.42. The van der Waals surface area contributed by atoms with Crippen molar-refractivity contribution in [3.8, 4) is 17.0 Å². The van der Waals surface area contributed by atoms with Gasteiger partial charge in [-0.25, -0.2) is 0 Å². The maximum atomic E-state index is 12.6. The second-order valence-corrected chi connectivity index (χ2v) is 7.02. The molecule has 1 saturated carbocycles. The average Bonchev–Trinajstić information content (AvgIpc) is 3.35. The number of hydrogen-bond donors (Lipinski definition) is 1. The van der Waals surface area contributed by atoms with Crippen molar-refractivity contribution in [1.82, 2.24) is 15.1 Å². The van der Waals surface area contributed by atoms with E-state index in [0.29, 0.717) is 17.5 Å². The molecule has 2 aliphatic rings. The Labute approximate surface area is 147 Å². The fraction of sp³-hybridized carbons (Fsp3) is 0.400. The number of rotatable bonds is 5. The van der Waals surface area contributed by atoms with Gasteiger partial charge in [-0.3, -0.25) is 9.48 Å². The summed E-state index contributed by atoms with van der Waals surface area (Å²) in [6.45, 7) is 0.743. The number of benzene rings is 1. The number of fused-ring (bicyclic) bond motifs is 2. The summed E-state index contributed by atoms with van der Waals surface area (Å²) in [6.07, 6.45) is 7.10. The summed E-state index contributed by atoms with van der Waals surface area (Å²) in [7, 11) is 3.45. The first-order valence-corrected chi connectivity index (χ1v) is 8.79. The van der Waals surface area contributed by atoms with Crippen molar-refractivity contribution in [2.75, 3.05) is 13.7 Å². The minimum absolute atomic E-state index is 0.0542. The largest absolute Gasteiger partial charge is 0.497 e. The number of hydrogen-bond acceptors (Lipinski definition) is 3. The SMILES string of the molecule is COc1ccc(-c2cc(C(=O)NCC3CC4C=CC3C4)n(C)n2)cc1. The molecular formula is C20H23N3O2. The lowest BCUT2D eigenvalue weighted by atomic mass is 9.93. The summed E-state index contributed by atoms with van der Waals surface area (Å²) < 4.78 is 6.83. The first-order valence-electron chi connectivity index (χ1n) is 8.79. The van der Waals surface area contributed by atoms with E-state index < -0.39 is 0 Å². The molecular weight excluding hydrogens is 314 g/mol. The van der Waals surface area contributed by atoms with Crippen LogP contribution in [0.5, 0.6) is 5.75 Å². The molecule has 2 aromatic rings. The predicted octanol–water partition coefficient (Wildman–Crippen LogP) is 3.04. The maximum Gasteiger partial charge on any atom is 0.269 e. The Kier molecular flexibility index (Phi) is 4.07. The third-order valence-corrected chi connectivity index (χ3v) is 5.44. The Balaban J connectivity index is 1.44. The molecule has 3 unspecified atom stereocenters. The van der Waals surface area contributed by atoms with Crippen LogP contribution in [0.3, 0.4) is 0 Å². The van der Waals surface area contributed by atoms with Gasteiger partial charge >= 0.3 is 0 Å². The van der Waals surface area contributed by atoms with Gasteiger partial charge in [0.05, 0.1) is 12.8 Å². The number of methoxy groups -OCH3 is 1. The molecule has 0 spiro atoms. The van der Waals surface area contributed by atoms with Crippen LogP contribution in [0.4, 0.5) is 0 Å². The zero-order chi connectivity index (χ0) is 17.4. The average molecular weight is 337 g/mol. The topological polar surface area (TPSA) is 56.1 Å². The van der Waals surface area contributed by atoms with E-state index in [1.54, 1.807) is 11.8 Å². The summed E-state index contributed by atoms with van der Waals surface area (Å²) in [6, 6.07) is 9.53. The lowest BCUT2D eigenvalue weighted by Gasteiger charge is -2.18. The van der Waals surface area contributed by atoms with Crippen LogP contribution < -0.4 is 10.1 Å². The smallest absolute Gasteiger partial charge is 0.269 e. The van der Waals surface area contributed by atoms with Crippen molar-refractivity contribution in [1.29, 1.82) is 0 Å². The maximum absolute atomic E-state index is 12.6. The first kappa shape index (κ1) is 15.9. The Bertz CT molecular complexity index is 807. The number of amides is 1. The molecule has 1 heterocycles. The Hall–Kier alpha value is -2.56. The molecule has 0 radical (unpaired) electrons. The molecule has 4 rings (SSSR count). The van der Waals surface area contributed by atoms with Crippen LogP contribution >= 0.6 is 0 Å². The normalized spacial score (nSPS) is 23.8. The van der Waals surface area contributed by atoms with Gasteiger partial charge in [-0.05, 0) is 60.9 Å². The molecule has 2 aliphatic carbocycles. The molecule has 1 fully saturated rings. The second-order valence-electron chi connectivity index (χ2n) is 7.02. The van der Waals surface area contributed by atoms with Crippen molar-refractivity contribution >= 4 is 5.91 Å². The summed E-state index contributed by atoms with van der Waals surface area (Å²) in [5.41, 5.74) is 2.34. The summed E-state index contributed by atoms with van der Waals surface area (Å²) in [4.78, 5) is 12.6. The van der Waals surface area contributed by atoms with Gasteiger partial charge in [-0.15, -0.1) is 0 Å². The fourth-order valence-corrected chi connectivity index (χ4v) is 4.03. The van der Waals surface area contributed by atoms with E-state index in [9.17, 15) is 4.79 Å². The van der Waals surface area contributed by atoms with Gasteiger partial charge in [0.25, 0.3) is 5.91 Å². The van der Waals surface area contributed by atoms with Crippen LogP contribution in [0.15, 0.2) is 42.5 Å². The number of carbonyl (C=O) groups is 1. The number of nitrogens with zero attached hydrogens (tertiary/aromatic N) is 2. The van der Waals surface area contributed by atoms with Crippen molar-refractivity contribution in [2.24, 2.45) is 24.8 Å². The van der Waals surface area contributed by atoms with Crippen LogP contribution in [0.1, 0.15) is 23.3 Å². The van der Waals surface area contributed by atoms with Crippen molar-refractivity contribution < 1.29 is 9.53 Å². The molecule has 1 amide bonds. The Morgan fingerprint density at radius 3 is 2.72 bits per heavy atom. The highest BCUT2D eigenvalue weighted by Gasteiger charge is 2.35. The summed E-state index contributed by atoms with van der Waals surface area (Å²) in [5, 5.41) is 7.58. The van der Waals surface area contributed by atoms with E-state index in [0.717, 1.165) is 29.5 Å². The summed E-state index contributed by atoms with van der Waals surface area (Å²) >= 11 is 0. The quantitative estimate of drug-likeness (QED) is 0.853. The Morgan fingerprint density at radius 2 is 2.08 bits per heavy atom. The van der Waals surface area contributed by atoms with Gasteiger partial charge in [-0.1, -0.05) is 12.2 Å². The van der Waals surface area contributed by atoms with Crippen molar-refractivity contribution in [3.05, 3.63) is 48.2 Å². The standard InChI is InChI=1S/C20H23N3O2/c1-23-19(11-18(22-23)14-5-7-17(25-2)8-6-14)20(24)21-12-16-10-13-3-4-15(16)9-13/h3-8,11,13,15-16H,9-10,12H2,1-2H3,(H,21,24). The zero-order valence-corrected chi connectivity index (χ0v) is 14.6. The third-order valence-electron chi connectivity index (χ3n) is 5.44. The molecule has 0 aliphatic heterocycles. The van der Waals surface area contributed by atoms with Crippen LogP contribution in [0, 0.1) is 17.8 Å². The lowest BCUT2D eigenvalue weighted by molar-refractivity contribution is 0.0935. The third kappa shape index (κ3) is 3.06. The van der Waals surface area contributed by atoms with Crippen molar-refractivity contribution in [2.45, 2.75) is 12.8 Å². The van der Waals surface area contributed by atoms with Crippen LogP contribution in [0.2, 0.25) is 0 Å². The van der Waals surface area contributed by atoms with E-state index in [-0.39, 0.29) is 5.91 Å². The van der Waals surface area contributed by atoms with Gasteiger partial charge in [0, 0.05) is 19.2 Å². The predicted molar refractivity (Wildman–Crippen MR) is 96.4 cm³/mol. The molecule has 0 saturated heterocycles. The highest BCUT2D eigenvalue weighted by atomic mass is 16.5. The Morgan fingerprint density at radius 1 is 1.28 bits per heavy atom. The molecule has 25 heavy (non-hydrogen) atoms. The van der Waals surface area contributed by atoms with Crippen LogP contribution in [-0.2, 0) is 7.05 Å². The molecule has 3 atom stereocenters. The van der Waals surface area contributed by atoms with Crippen molar-refractivity contribution in [3.63, 3.8) is 0 Å². The number of aryl methyl sites for hydroxylation is 1. The van der Waals surface area contributed by atoms with E-state index in [4.69, 9.17) is 4.74 Å². The molecule has 5 nitrogen and oxygen atoms in total. The summed E-state index contributed by atoms with van der Waals surface area (Å²) in [5.74, 6) is 2.70. The second kappa shape index (κ2) is 6.39. The molecule has 1 aromatic heterocycles. The minimum Gasteiger partial charge on any atom is -0.497 e. The number of carbonyl (C=O) groups excluding carboxylic acids is 1. The number of aromatic nitrogens is 2. The molecule has 130 valence electrons. The fourth-order valence-electron chi connectivity index (χ4n) is 4.03. The highest BCUT2D eigenvalue weighted by molar-refractivity contribution is 5.93. The van der Waals surface area contributed by atoms with Gasteiger partial charge in [-0.2, -0.15) is 5.10 Å². The minimum atomic E-state index is -0.0542. The lowest BCUT2D eigenvalue weighted by Crippen LogP contribution is -2.32. The monoisotopic (exact) mass is 337 g/mol. The van der Waals surface area contributed by atoms with Crippen LogP contribution in [0.25, 0.3) is 11.3 Å². The molecule has 1 N–H and O–H groups in total. The van der Waals surface area contributed by atoms with Gasteiger partial charge in [0.1, 0.15) is 11.4 Å². The van der Waals surface area contributed by atoms with E-state index in [1.165, 1.54) is 12.8 Å². The number of ether oxygens (including phenoxy) is 1. The van der Waals surface area contributed by atoms with E-state index >= 15 is 0 Å². The van der Waals surface area contributed by atoms with E-state index in [1.807, 2.05) is 37.4 Å². The molecule has 1 aromatic carbocycles.